The van der Waals surface area contributed by atoms with Gasteiger partial charge in [0.2, 0.25) is 0 Å². The predicted molar refractivity (Wildman–Crippen MR) is 43.5 cm³/mol. The van der Waals surface area contributed by atoms with Gasteiger partial charge in [0.25, 0.3) is 0 Å². The van der Waals surface area contributed by atoms with Gasteiger partial charge in [0, 0.05) is 0 Å². The van der Waals surface area contributed by atoms with Crippen LogP contribution in [0, 0.1) is 0 Å². The molecule has 1 amide bonds. The van der Waals surface area contributed by atoms with E-state index in [0.717, 1.165) is 0 Å². The highest BCUT2D eigenvalue weighted by Gasteiger charge is 2.41. The molecule has 0 aromatic carbocycles. The van der Waals surface area contributed by atoms with Gasteiger partial charge in [-0.1, -0.05) is 0 Å². The van der Waals surface area contributed by atoms with Crippen molar-refractivity contribution in [1.29, 1.82) is 0 Å². The van der Waals surface area contributed by atoms with E-state index < -0.39 is 6.09 Å². The second-order valence-electron chi connectivity index (χ2n) is 3.66. The van der Waals surface area contributed by atoms with Crippen molar-refractivity contribution in [3.63, 3.8) is 0 Å². The van der Waals surface area contributed by atoms with Gasteiger partial charge in [-0.25, -0.2) is 4.79 Å². The molecule has 0 saturated carbocycles. The summed E-state index contributed by atoms with van der Waals surface area (Å²) in [5, 5.41) is 18.4. The van der Waals surface area contributed by atoms with E-state index >= 15 is 0 Å². The van der Waals surface area contributed by atoms with E-state index in [1.54, 1.807) is 0 Å². The Labute approximate surface area is 75.9 Å². The van der Waals surface area contributed by atoms with E-state index in [1.807, 2.05) is 0 Å². The first kappa shape index (κ1) is 8.77. The second-order valence-corrected chi connectivity index (χ2v) is 3.66. The number of hydrogen-bond acceptors (Lipinski definition) is 3. The van der Waals surface area contributed by atoms with Crippen LogP contribution in [0.1, 0.15) is 12.8 Å². The largest absolute Gasteiger partial charge is 0.465 e. The smallest absolute Gasteiger partial charge is 0.407 e. The third-order valence-electron chi connectivity index (χ3n) is 2.72. The summed E-state index contributed by atoms with van der Waals surface area (Å²) in [4.78, 5) is 12.3. The first-order valence-electron chi connectivity index (χ1n) is 4.45. The van der Waals surface area contributed by atoms with Crippen molar-refractivity contribution < 1.29 is 19.7 Å². The van der Waals surface area contributed by atoms with Gasteiger partial charge < -0.3 is 14.9 Å². The monoisotopic (exact) mass is 187 g/mol. The summed E-state index contributed by atoms with van der Waals surface area (Å²) in [5.41, 5.74) is 0. The lowest BCUT2D eigenvalue weighted by molar-refractivity contribution is -0.0905. The normalized spacial score (nSPS) is 38.8. The van der Waals surface area contributed by atoms with Crippen molar-refractivity contribution in [2.24, 2.45) is 0 Å². The molecule has 5 heteroatoms. The van der Waals surface area contributed by atoms with Crippen LogP contribution in [0.2, 0.25) is 0 Å². The molecule has 2 aliphatic rings. The maximum Gasteiger partial charge on any atom is 0.407 e. The molecule has 0 radical (unpaired) electrons. The molecule has 5 nitrogen and oxygen atoms in total. The van der Waals surface area contributed by atoms with Gasteiger partial charge in [-0.15, -0.1) is 0 Å². The van der Waals surface area contributed by atoms with Gasteiger partial charge in [-0.3, -0.25) is 4.90 Å². The molecule has 2 heterocycles. The Hall–Kier alpha value is -0.810. The summed E-state index contributed by atoms with van der Waals surface area (Å²) in [6.07, 6.45) is -0.259. The van der Waals surface area contributed by atoms with Crippen LogP contribution in [0.3, 0.4) is 0 Å². The van der Waals surface area contributed by atoms with E-state index in [2.05, 4.69) is 0 Å². The number of piperidine rings is 1. The van der Waals surface area contributed by atoms with Crippen LogP contribution in [0.4, 0.5) is 4.79 Å². The predicted octanol–water partition coefficient (Wildman–Crippen LogP) is -0.112. The number of rotatable bonds is 0. The van der Waals surface area contributed by atoms with Crippen molar-refractivity contribution in [2.75, 3.05) is 13.2 Å². The average Bonchev–Trinajstić information content (AvgIpc) is 2.01. The Morgan fingerprint density at radius 3 is 2.31 bits per heavy atom. The van der Waals surface area contributed by atoms with Crippen LogP contribution in [0.25, 0.3) is 0 Å². The number of nitrogens with zero attached hydrogens (tertiary/aromatic N) is 1. The lowest BCUT2D eigenvalue weighted by atomic mass is 9.92. The number of carbonyl (C=O) groups is 1. The van der Waals surface area contributed by atoms with E-state index in [9.17, 15) is 9.90 Å². The fourth-order valence-corrected chi connectivity index (χ4v) is 2.20. The minimum atomic E-state index is -0.898. The van der Waals surface area contributed by atoms with E-state index in [1.165, 1.54) is 4.90 Å². The maximum atomic E-state index is 10.9. The van der Waals surface area contributed by atoms with Gasteiger partial charge >= 0.3 is 6.09 Å². The van der Waals surface area contributed by atoms with Crippen LogP contribution in [-0.2, 0) is 4.74 Å². The highest BCUT2D eigenvalue weighted by atomic mass is 16.5. The zero-order chi connectivity index (χ0) is 9.42. The number of morpholine rings is 1. The molecule has 2 saturated heterocycles. The minimum Gasteiger partial charge on any atom is -0.465 e. The van der Waals surface area contributed by atoms with Crippen molar-refractivity contribution in [3.8, 4) is 0 Å². The Morgan fingerprint density at radius 1 is 1.31 bits per heavy atom. The highest BCUT2D eigenvalue weighted by molar-refractivity contribution is 5.66. The van der Waals surface area contributed by atoms with E-state index in [-0.39, 0.29) is 18.2 Å². The molecule has 0 spiro atoms. The molecule has 2 N–H and O–H groups in total. The molecule has 0 aliphatic carbocycles. The summed E-state index contributed by atoms with van der Waals surface area (Å²) in [7, 11) is 0. The van der Waals surface area contributed by atoms with Crippen molar-refractivity contribution >= 4 is 6.09 Å². The molecule has 2 fully saturated rings. The average molecular weight is 187 g/mol. The van der Waals surface area contributed by atoms with Crippen LogP contribution in [0.15, 0.2) is 0 Å². The van der Waals surface area contributed by atoms with Gasteiger partial charge in [0.05, 0.1) is 31.4 Å². The Kier molecular flexibility index (Phi) is 2.13. The molecule has 13 heavy (non-hydrogen) atoms. The molecule has 3 atom stereocenters. The van der Waals surface area contributed by atoms with Crippen LogP contribution >= 0.6 is 0 Å². The number of ether oxygens (including phenoxy) is 1. The fourth-order valence-electron chi connectivity index (χ4n) is 2.20. The molecule has 0 aromatic heterocycles. The zero-order valence-corrected chi connectivity index (χ0v) is 7.22. The zero-order valence-electron chi connectivity index (χ0n) is 7.22. The highest BCUT2D eigenvalue weighted by Crippen LogP contribution is 2.27. The number of carboxylic acid groups (broad SMARTS) is 1. The Balaban J connectivity index is 2.14. The van der Waals surface area contributed by atoms with Crippen molar-refractivity contribution in [3.05, 3.63) is 0 Å². The van der Waals surface area contributed by atoms with Gasteiger partial charge in [0.15, 0.2) is 0 Å². The van der Waals surface area contributed by atoms with Gasteiger partial charge in [-0.2, -0.15) is 0 Å². The summed E-state index contributed by atoms with van der Waals surface area (Å²) in [6.45, 7) is 0.833. The van der Waals surface area contributed by atoms with Crippen LogP contribution < -0.4 is 0 Å². The second kappa shape index (κ2) is 3.16. The lowest BCUT2D eigenvalue weighted by Gasteiger charge is -2.45. The number of aliphatic hydroxyl groups is 1. The molecular formula is C8H13NO4. The van der Waals surface area contributed by atoms with E-state index in [4.69, 9.17) is 9.84 Å². The number of aliphatic hydroxyl groups excluding tert-OH is 1. The first-order valence-corrected chi connectivity index (χ1v) is 4.45. The summed E-state index contributed by atoms with van der Waals surface area (Å²) < 4.78 is 5.25. The molecule has 2 bridgehead atoms. The molecule has 2 aliphatic heterocycles. The standard InChI is InChI=1S/C8H13NO4/c10-7-1-5-3-13-4-6(2-7)9(5)8(11)12/h5-7,10H,1-4H2,(H,11,12)/t5-,6+,7+. The molecular weight excluding hydrogens is 174 g/mol. The first-order chi connectivity index (χ1) is 6.18. The van der Waals surface area contributed by atoms with Crippen LogP contribution in [0.5, 0.6) is 0 Å². The fraction of sp³-hybridized carbons (Fsp3) is 0.875. The summed E-state index contributed by atoms with van der Waals surface area (Å²) >= 11 is 0. The topological polar surface area (TPSA) is 70.0 Å². The summed E-state index contributed by atoms with van der Waals surface area (Å²) in [6, 6.07) is -0.306. The number of amides is 1. The maximum absolute atomic E-state index is 10.9. The quantitative estimate of drug-likeness (QED) is 0.555. The molecule has 0 unspecified atom stereocenters. The lowest BCUT2D eigenvalue weighted by Crippen LogP contribution is -2.59. The van der Waals surface area contributed by atoms with Crippen molar-refractivity contribution in [1.82, 2.24) is 4.90 Å². The Bertz CT molecular complexity index is 206. The summed E-state index contributed by atoms with van der Waals surface area (Å²) in [5.74, 6) is 0. The third kappa shape index (κ3) is 1.49. The molecule has 0 aromatic rings. The minimum absolute atomic E-state index is 0.153. The third-order valence-corrected chi connectivity index (χ3v) is 2.72. The van der Waals surface area contributed by atoms with Crippen LogP contribution in [-0.4, -0.2) is 52.6 Å². The number of hydrogen-bond donors (Lipinski definition) is 2. The molecule has 74 valence electrons. The van der Waals surface area contributed by atoms with E-state index in [0.29, 0.717) is 26.1 Å². The SMILES string of the molecule is O=C(O)N1[C@@H]2COC[C@H]1C[C@H](O)C2. The molecule has 2 rings (SSSR count). The van der Waals surface area contributed by atoms with Crippen molar-refractivity contribution in [2.45, 2.75) is 31.0 Å². The van der Waals surface area contributed by atoms with Gasteiger partial charge in [0.1, 0.15) is 0 Å². The van der Waals surface area contributed by atoms with Gasteiger partial charge in [-0.05, 0) is 12.8 Å². The number of fused-ring (bicyclic) bond motifs is 2. The Morgan fingerprint density at radius 2 is 1.85 bits per heavy atom.